The number of rotatable bonds is 2. The molecule has 0 bridgehead atoms. The summed E-state index contributed by atoms with van der Waals surface area (Å²) in [7, 11) is 0. The molecular formula is C5H9Br2NO. The van der Waals surface area contributed by atoms with Gasteiger partial charge in [-0.3, -0.25) is 4.79 Å². The Bertz CT molecular complexity index is 119. The molecule has 9 heavy (non-hydrogen) atoms. The summed E-state index contributed by atoms with van der Waals surface area (Å²) in [5, 5.41) is 0. The third-order valence-electron chi connectivity index (χ3n) is 0.852. The Hall–Kier alpha value is 0.430. The van der Waals surface area contributed by atoms with E-state index >= 15 is 0 Å². The number of nitrogens with two attached hydrogens (primary N) is 1. The van der Waals surface area contributed by atoms with Gasteiger partial charge in [0, 0.05) is 4.32 Å². The summed E-state index contributed by atoms with van der Waals surface area (Å²) in [6, 6.07) is 0. The van der Waals surface area contributed by atoms with Crippen molar-refractivity contribution in [3.63, 3.8) is 0 Å². The maximum absolute atomic E-state index is 10.5. The van der Waals surface area contributed by atoms with Crippen LogP contribution in [0.1, 0.15) is 13.8 Å². The maximum Gasteiger partial charge on any atom is 0.232 e. The normalized spacial score (nSPS) is 15.1. The van der Waals surface area contributed by atoms with Crippen molar-refractivity contribution in [1.82, 2.24) is 0 Å². The van der Waals surface area contributed by atoms with Gasteiger partial charge in [0.1, 0.15) is 4.83 Å². The molecule has 54 valence electrons. The molecule has 2 N–H and O–H groups in total. The number of primary amides is 1. The Labute approximate surface area is 71.4 Å². The minimum Gasteiger partial charge on any atom is -0.369 e. The van der Waals surface area contributed by atoms with Gasteiger partial charge in [0.2, 0.25) is 5.91 Å². The van der Waals surface area contributed by atoms with Gasteiger partial charge in [-0.05, 0) is 13.8 Å². The second kappa shape index (κ2) is 3.01. The molecule has 4 heteroatoms. The summed E-state index contributed by atoms with van der Waals surface area (Å²) in [5.74, 6) is -0.350. The average Bonchev–Trinajstić information content (AvgIpc) is 1.62. The number of carbonyl (C=O) groups excluding carboxylic acids is 1. The minimum atomic E-state index is -0.350. The maximum atomic E-state index is 10.5. The first kappa shape index (κ1) is 9.43. The summed E-state index contributed by atoms with van der Waals surface area (Å²) in [5.41, 5.74) is 5.01. The van der Waals surface area contributed by atoms with Gasteiger partial charge in [-0.25, -0.2) is 0 Å². The zero-order valence-electron chi connectivity index (χ0n) is 5.32. The van der Waals surface area contributed by atoms with Crippen LogP contribution in [0.15, 0.2) is 0 Å². The lowest BCUT2D eigenvalue weighted by atomic mass is 10.1. The summed E-state index contributed by atoms with van der Waals surface area (Å²) in [6.07, 6.45) is 0. The van der Waals surface area contributed by atoms with E-state index in [1.54, 1.807) is 0 Å². The van der Waals surface area contributed by atoms with Gasteiger partial charge in [0.05, 0.1) is 0 Å². The van der Waals surface area contributed by atoms with Crippen molar-refractivity contribution in [2.75, 3.05) is 0 Å². The number of hydrogen-bond donors (Lipinski definition) is 1. The van der Waals surface area contributed by atoms with Crippen molar-refractivity contribution >= 4 is 37.8 Å². The van der Waals surface area contributed by atoms with Crippen LogP contribution < -0.4 is 5.73 Å². The van der Waals surface area contributed by atoms with Gasteiger partial charge in [-0.1, -0.05) is 31.9 Å². The second-order valence-corrected chi connectivity index (χ2v) is 5.29. The zero-order valence-corrected chi connectivity index (χ0v) is 8.49. The quantitative estimate of drug-likeness (QED) is 0.748. The molecule has 0 aliphatic carbocycles. The molecule has 1 unspecified atom stereocenters. The van der Waals surface area contributed by atoms with Crippen LogP contribution in [0.3, 0.4) is 0 Å². The van der Waals surface area contributed by atoms with Gasteiger partial charge < -0.3 is 5.73 Å². The van der Waals surface area contributed by atoms with E-state index in [0.29, 0.717) is 0 Å². The molecule has 0 radical (unpaired) electrons. The van der Waals surface area contributed by atoms with Crippen LogP contribution in [-0.2, 0) is 4.79 Å². The fraction of sp³-hybridized carbons (Fsp3) is 0.800. The number of alkyl halides is 2. The van der Waals surface area contributed by atoms with Gasteiger partial charge in [0.15, 0.2) is 0 Å². The van der Waals surface area contributed by atoms with Crippen molar-refractivity contribution in [1.29, 1.82) is 0 Å². The number of amides is 1. The fourth-order valence-electron chi connectivity index (χ4n) is 0.338. The van der Waals surface area contributed by atoms with Crippen LogP contribution >= 0.6 is 31.9 Å². The number of hydrogen-bond acceptors (Lipinski definition) is 1. The lowest BCUT2D eigenvalue weighted by Gasteiger charge is -2.19. The predicted octanol–water partition coefficient (Wildman–Crippen LogP) is 1.41. The topological polar surface area (TPSA) is 43.1 Å². The molecule has 1 atom stereocenters. The molecule has 0 heterocycles. The molecule has 0 aromatic rings. The minimum absolute atomic E-state index is 0.265. The SMILES string of the molecule is CC(C)(Br)C(Br)C(N)=O. The standard InChI is InChI=1S/C5H9Br2NO/c1-5(2,7)3(6)4(8)9/h3H,1-2H3,(H2,8,9). The first-order valence-corrected chi connectivity index (χ1v) is 4.19. The van der Waals surface area contributed by atoms with E-state index in [1.807, 2.05) is 13.8 Å². The second-order valence-electron chi connectivity index (χ2n) is 2.33. The Balaban J connectivity index is 4.04. The highest BCUT2D eigenvalue weighted by atomic mass is 79.9. The Morgan fingerprint density at radius 2 is 2.00 bits per heavy atom. The van der Waals surface area contributed by atoms with Crippen LogP contribution in [0, 0.1) is 0 Å². The Morgan fingerprint density at radius 1 is 1.67 bits per heavy atom. The summed E-state index contributed by atoms with van der Waals surface area (Å²) >= 11 is 6.44. The summed E-state index contributed by atoms with van der Waals surface area (Å²) < 4.78 is -0.265. The largest absolute Gasteiger partial charge is 0.369 e. The van der Waals surface area contributed by atoms with Crippen molar-refractivity contribution in [3.8, 4) is 0 Å². The summed E-state index contributed by atoms with van der Waals surface area (Å²) in [4.78, 5) is 10.2. The first-order valence-electron chi connectivity index (χ1n) is 2.48. The van der Waals surface area contributed by atoms with Crippen molar-refractivity contribution < 1.29 is 4.79 Å². The van der Waals surface area contributed by atoms with Crippen LogP contribution in [0.4, 0.5) is 0 Å². The van der Waals surface area contributed by atoms with Gasteiger partial charge in [0.25, 0.3) is 0 Å². The van der Waals surface area contributed by atoms with E-state index in [9.17, 15) is 4.79 Å². The van der Waals surface area contributed by atoms with E-state index < -0.39 is 0 Å². The molecule has 2 nitrogen and oxygen atoms in total. The number of halogens is 2. The van der Waals surface area contributed by atoms with Crippen molar-refractivity contribution in [2.45, 2.75) is 23.0 Å². The fourth-order valence-corrected chi connectivity index (χ4v) is 0.564. The van der Waals surface area contributed by atoms with Gasteiger partial charge >= 0.3 is 0 Å². The summed E-state index contributed by atoms with van der Waals surface area (Å²) in [6.45, 7) is 3.74. The monoisotopic (exact) mass is 257 g/mol. The smallest absolute Gasteiger partial charge is 0.232 e. The number of carbonyl (C=O) groups is 1. The highest BCUT2D eigenvalue weighted by Gasteiger charge is 2.28. The molecule has 0 saturated carbocycles. The molecule has 0 aromatic carbocycles. The van der Waals surface area contributed by atoms with E-state index in [1.165, 1.54) is 0 Å². The molecule has 0 saturated heterocycles. The van der Waals surface area contributed by atoms with Crippen LogP contribution in [-0.4, -0.2) is 15.1 Å². The molecule has 0 aliphatic rings. The third-order valence-corrected chi connectivity index (χ3v) is 3.52. The van der Waals surface area contributed by atoms with E-state index in [0.717, 1.165) is 0 Å². The van der Waals surface area contributed by atoms with E-state index in [4.69, 9.17) is 5.73 Å². The molecule has 0 fully saturated rings. The third kappa shape index (κ3) is 3.20. The van der Waals surface area contributed by atoms with Crippen molar-refractivity contribution in [2.24, 2.45) is 5.73 Å². The molecule has 0 aliphatic heterocycles. The molecule has 0 spiro atoms. The molecule has 1 amide bonds. The zero-order chi connectivity index (χ0) is 7.65. The van der Waals surface area contributed by atoms with Crippen LogP contribution in [0.2, 0.25) is 0 Å². The molecule has 0 aromatic heterocycles. The lowest BCUT2D eigenvalue weighted by Crippen LogP contribution is -2.36. The van der Waals surface area contributed by atoms with Crippen LogP contribution in [0.5, 0.6) is 0 Å². The predicted molar refractivity (Wildman–Crippen MR) is 44.9 cm³/mol. The average molecular weight is 259 g/mol. The van der Waals surface area contributed by atoms with Gasteiger partial charge in [-0.15, -0.1) is 0 Å². The highest BCUT2D eigenvalue weighted by molar-refractivity contribution is 9.12. The molecule has 0 rings (SSSR count). The Kier molecular flexibility index (Phi) is 3.16. The highest BCUT2D eigenvalue weighted by Crippen LogP contribution is 2.26. The van der Waals surface area contributed by atoms with Crippen LogP contribution in [0.25, 0.3) is 0 Å². The molecular weight excluding hydrogens is 250 g/mol. The lowest BCUT2D eigenvalue weighted by molar-refractivity contribution is -0.117. The van der Waals surface area contributed by atoms with Gasteiger partial charge in [-0.2, -0.15) is 0 Å². The van der Waals surface area contributed by atoms with Crippen molar-refractivity contribution in [3.05, 3.63) is 0 Å². The van der Waals surface area contributed by atoms with E-state index in [-0.39, 0.29) is 15.1 Å². The van der Waals surface area contributed by atoms with E-state index in [2.05, 4.69) is 31.9 Å². The first-order chi connectivity index (χ1) is 3.85. The Morgan fingerprint density at radius 3 is 2.00 bits per heavy atom.